The third-order valence-corrected chi connectivity index (χ3v) is 8.34. The summed E-state index contributed by atoms with van der Waals surface area (Å²) in [4.78, 5) is 10.4. The fourth-order valence-electron chi connectivity index (χ4n) is 6.38. The second kappa shape index (κ2) is 8.48. The maximum atomic E-state index is 5.33. The molecule has 3 heteroatoms. The molecule has 41 heavy (non-hydrogen) atoms. The maximum Gasteiger partial charge on any atom is 0.162 e. The Balaban J connectivity index is 1.38. The van der Waals surface area contributed by atoms with Crippen molar-refractivity contribution < 1.29 is 0 Å². The lowest BCUT2D eigenvalue weighted by molar-refractivity contribution is 1.08. The zero-order chi connectivity index (χ0) is 26.9. The molecule has 0 aliphatic rings. The van der Waals surface area contributed by atoms with Crippen molar-refractivity contribution in [2.45, 2.75) is 0 Å². The molecule has 7 aromatic carbocycles. The van der Waals surface area contributed by atoms with Crippen LogP contribution in [-0.4, -0.2) is 14.5 Å². The first kappa shape index (κ1) is 22.3. The Morgan fingerprint density at radius 3 is 1.88 bits per heavy atom. The van der Waals surface area contributed by atoms with Gasteiger partial charge in [0.05, 0.1) is 16.6 Å². The van der Waals surface area contributed by atoms with Gasteiger partial charge in [0.2, 0.25) is 0 Å². The smallest absolute Gasteiger partial charge is 0.162 e. The number of hydrogen-bond donors (Lipinski definition) is 0. The largest absolute Gasteiger partial charge is 0.293 e. The molecule has 0 N–H and O–H groups in total. The third-order valence-electron chi connectivity index (χ3n) is 8.34. The van der Waals surface area contributed by atoms with Gasteiger partial charge in [-0.3, -0.25) is 4.57 Å². The summed E-state index contributed by atoms with van der Waals surface area (Å²) >= 11 is 0. The average Bonchev–Trinajstić information content (AvgIpc) is 3.35. The molecule has 0 atom stereocenters. The van der Waals surface area contributed by atoms with Crippen molar-refractivity contribution in [2.24, 2.45) is 0 Å². The molecule has 2 heterocycles. The summed E-state index contributed by atoms with van der Waals surface area (Å²) in [6, 6.07) is 49.6. The minimum absolute atomic E-state index is 0.722. The van der Waals surface area contributed by atoms with Crippen molar-refractivity contribution in [2.75, 3.05) is 0 Å². The number of rotatable bonds is 2. The highest BCUT2D eigenvalue weighted by molar-refractivity contribution is 6.14. The van der Waals surface area contributed by atoms with Gasteiger partial charge in [-0.2, -0.15) is 0 Å². The van der Waals surface area contributed by atoms with Crippen molar-refractivity contribution in [3.05, 3.63) is 140 Å². The van der Waals surface area contributed by atoms with E-state index in [9.17, 15) is 0 Å². The lowest BCUT2D eigenvalue weighted by Gasteiger charge is -2.13. The monoisotopic (exact) mass is 521 g/mol. The lowest BCUT2D eigenvalue weighted by Crippen LogP contribution is -2.02. The first-order valence-electron chi connectivity index (χ1n) is 13.9. The summed E-state index contributed by atoms with van der Waals surface area (Å²) in [6.07, 6.45) is 0. The van der Waals surface area contributed by atoms with Crippen LogP contribution in [0, 0.1) is 0 Å². The van der Waals surface area contributed by atoms with E-state index < -0.39 is 0 Å². The van der Waals surface area contributed by atoms with Gasteiger partial charge in [-0.25, -0.2) is 9.97 Å². The Bertz CT molecular complexity index is 2490. The number of fused-ring (bicyclic) bond motifs is 8. The molecule has 0 spiro atoms. The predicted octanol–water partition coefficient (Wildman–Crippen LogP) is 9.85. The molecule has 9 rings (SSSR count). The van der Waals surface area contributed by atoms with Crippen LogP contribution in [0.15, 0.2) is 140 Å². The summed E-state index contributed by atoms with van der Waals surface area (Å²) in [5, 5.41) is 10.8. The summed E-state index contributed by atoms with van der Waals surface area (Å²) in [5.41, 5.74) is 4.21. The van der Waals surface area contributed by atoms with Crippen molar-refractivity contribution in [3.8, 4) is 17.2 Å². The van der Waals surface area contributed by atoms with E-state index in [-0.39, 0.29) is 0 Å². The summed E-state index contributed by atoms with van der Waals surface area (Å²) in [5.74, 6) is 1.62. The summed E-state index contributed by atoms with van der Waals surface area (Å²) in [7, 11) is 0. The molecule has 0 saturated heterocycles. The molecule has 9 aromatic rings. The Labute approximate surface area is 235 Å². The van der Waals surface area contributed by atoms with E-state index in [1.165, 1.54) is 43.1 Å². The maximum absolute atomic E-state index is 5.33. The highest BCUT2D eigenvalue weighted by Crippen LogP contribution is 2.37. The first-order chi connectivity index (χ1) is 20.3. The SMILES string of the molecule is c1ccc2cc3c(cc2c1)c1ccccc1n3-c1nc(-c2ccc3ccc4ccccc4c3c2)nc2ccccc12. The van der Waals surface area contributed by atoms with Gasteiger partial charge < -0.3 is 0 Å². The van der Waals surface area contributed by atoms with Crippen LogP contribution in [0.3, 0.4) is 0 Å². The van der Waals surface area contributed by atoms with E-state index in [1.54, 1.807) is 0 Å². The normalized spacial score (nSPS) is 11.9. The standard InChI is InChI=1S/C38H23N3/c1-2-11-27-23-36-33(21-26(27)10-1)30-13-6-8-16-35(30)41(36)38-31-14-5-7-15-34(31)39-37(40-38)28-20-19-25-18-17-24-9-3-4-12-29(24)32(25)22-28/h1-23H. The van der Waals surface area contributed by atoms with E-state index in [1.807, 2.05) is 0 Å². The number of aromatic nitrogens is 3. The van der Waals surface area contributed by atoms with Crippen molar-refractivity contribution in [3.63, 3.8) is 0 Å². The molecule has 0 radical (unpaired) electrons. The van der Waals surface area contributed by atoms with Gasteiger partial charge in [0.1, 0.15) is 5.82 Å². The van der Waals surface area contributed by atoms with Crippen LogP contribution < -0.4 is 0 Å². The van der Waals surface area contributed by atoms with E-state index in [2.05, 4.69) is 144 Å². The Morgan fingerprint density at radius 1 is 0.390 bits per heavy atom. The van der Waals surface area contributed by atoms with Gasteiger partial charge in [0.15, 0.2) is 5.82 Å². The van der Waals surface area contributed by atoms with Crippen LogP contribution in [0.2, 0.25) is 0 Å². The second-order valence-electron chi connectivity index (χ2n) is 10.7. The zero-order valence-electron chi connectivity index (χ0n) is 22.1. The first-order valence-corrected chi connectivity index (χ1v) is 13.9. The Kier molecular flexibility index (Phi) is 4.61. The molecule has 190 valence electrons. The molecule has 0 unspecified atom stereocenters. The van der Waals surface area contributed by atoms with Crippen LogP contribution >= 0.6 is 0 Å². The highest BCUT2D eigenvalue weighted by Gasteiger charge is 2.18. The Morgan fingerprint density at radius 2 is 1.02 bits per heavy atom. The van der Waals surface area contributed by atoms with Crippen molar-refractivity contribution in [1.29, 1.82) is 0 Å². The third kappa shape index (κ3) is 3.33. The van der Waals surface area contributed by atoms with Gasteiger partial charge in [-0.15, -0.1) is 0 Å². The fourth-order valence-corrected chi connectivity index (χ4v) is 6.38. The second-order valence-corrected chi connectivity index (χ2v) is 10.7. The van der Waals surface area contributed by atoms with E-state index in [4.69, 9.17) is 9.97 Å². The van der Waals surface area contributed by atoms with Gasteiger partial charge in [-0.1, -0.05) is 103 Å². The van der Waals surface area contributed by atoms with Gasteiger partial charge in [-0.05, 0) is 68.7 Å². The number of para-hydroxylation sites is 2. The molecule has 2 aromatic heterocycles. The molecule has 3 nitrogen and oxygen atoms in total. The van der Waals surface area contributed by atoms with Crippen LogP contribution in [0.5, 0.6) is 0 Å². The summed E-state index contributed by atoms with van der Waals surface area (Å²) < 4.78 is 2.32. The zero-order valence-corrected chi connectivity index (χ0v) is 22.1. The van der Waals surface area contributed by atoms with Crippen LogP contribution in [0.1, 0.15) is 0 Å². The van der Waals surface area contributed by atoms with E-state index >= 15 is 0 Å². The lowest BCUT2D eigenvalue weighted by atomic mass is 10.00. The Hall–Kier alpha value is -5.54. The highest BCUT2D eigenvalue weighted by atomic mass is 15.1. The topological polar surface area (TPSA) is 30.7 Å². The minimum Gasteiger partial charge on any atom is -0.293 e. The van der Waals surface area contributed by atoms with Gasteiger partial charge in [0.25, 0.3) is 0 Å². The molecule has 0 fully saturated rings. The van der Waals surface area contributed by atoms with Crippen LogP contribution in [0.4, 0.5) is 0 Å². The molecule has 0 aliphatic heterocycles. The summed E-state index contributed by atoms with van der Waals surface area (Å²) in [6.45, 7) is 0. The minimum atomic E-state index is 0.722. The molecule has 0 amide bonds. The molecule has 0 bridgehead atoms. The predicted molar refractivity (Wildman–Crippen MR) is 172 cm³/mol. The number of benzene rings is 7. The molecular formula is C38H23N3. The van der Waals surface area contributed by atoms with Gasteiger partial charge in [0, 0.05) is 21.7 Å². The van der Waals surface area contributed by atoms with E-state index in [0.717, 1.165) is 39.1 Å². The number of hydrogen-bond acceptors (Lipinski definition) is 2. The van der Waals surface area contributed by atoms with Crippen molar-refractivity contribution in [1.82, 2.24) is 14.5 Å². The quantitative estimate of drug-likeness (QED) is 0.212. The van der Waals surface area contributed by atoms with Crippen LogP contribution in [0.25, 0.3) is 82.2 Å². The average molecular weight is 522 g/mol. The van der Waals surface area contributed by atoms with E-state index in [0.29, 0.717) is 0 Å². The fraction of sp³-hybridized carbons (Fsp3) is 0. The molecule has 0 saturated carbocycles. The van der Waals surface area contributed by atoms with Crippen molar-refractivity contribution >= 4 is 65.0 Å². The van der Waals surface area contributed by atoms with Crippen LogP contribution in [-0.2, 0) is 0 Å². The molecular weight excluding hydrogens is 498 g/mol. The molecule has 0 aliphatic carbocycles. The van der Waals surface area contributed by atoms with Gasteiger partial charge >= 0.3 is 0 Å². The number of nitrogens with zero attached hydrogens (tertiary/aromatic N) is 3.